The smallest absolute Gasteiger partial charge is 0.321 e. The SMILES string of the molecule is Cc1ccc([N+](=O)[O-])cc1NC(=O)N1CCC(C(=O)O)C1. The number of likely N-dealkylation sites (tertiary alicyclic amines) is 1. The summed E-state index contributed by atoms with van der Waals surface area (Å²) in [7, 11) is 0. The van der Waals surface area contributed by atoms with E-state index in [1.807, 2.05) is 0 Å². The molecule has 1 heterocycles. The van der Waals surface area contributed by atoms with Crippen LogP contribution in [-0.4, -0.2) is 40.0 Å². The van der Waals surface area contributed by atoms with E-state index in [4.69, 9.17) is 5.11 Å². The number of carbonyl (C=O) groups excluding carboxylic acids is 1. The number of nitro groups is 1. The van der Waals surface area contributed by atoms with Gasteiger partial charge in [-0.1, -0.05) is 6.07 Å². The van der Waals surface area contributed by atoms with Crippen molar-refractivity contribution in [2.45, 2.75) is 13.3 Å². The quantitative estimate of drug-likeness (QED) is 0.652. The number of nitrogens with zero attached hydrogens (tertiary/aromatic N) is 2. The zero-order valence-electron chi connectivity index (χ0n) is 11.4. The summed E-state index contributed by atoms with van der Waals surface area (Å²) >= 11 is 0. The van der Waals surface area contributed by atoms with Crippen LogP contribution in [0.4, 0.5) is 16.2 Å². The van der Waals surface area contributed by atoms with Gasteiger partial charge in [0.05, 0.1) is 16.5 Å². The van der Waals surface area contributed by atoms with Gasteiger partial charge in [0.15, 0.2) is 0 Å². The Labute approximate surface area is 120 Å². The number of non-ortho nitro benzene ring substituents is 1. The van der Waals surface area contributed by atoms with Crippen LogP contribution in [0.2, 0.25) is 0 Å². The van der Waals surface area contributed by atoms with Gasteiger partial charge in [0.2, 0.25) is 0 Å². The predicted octanol–water partition coefficient (Wildman–Crippen LogP) is 1.84. The van der Waals surface area contributed by atoms with Gasteiger partial charge in [0.1, 0.15) is 0 Å². The normalized spacial score (nSPS) is 17.6. The third-order valence-electron chi connectivity index (χ3n) is 3.50. The molecule has 1 aliphatic rings. The number of aryl methyl sites for hydroxylation is 1. The minimum Gasteiger partial charge on any atom is -0.481 e. The number of nitro benzene ring substituents is 1. The number of anilines is 1. The minimum atomic E-state index is -0.920. The van der Waals surface area contributed by atoms with Crippen LogP contribution in [0.25, 0.3) is 0 Å². The Bertz CT molecular complexity index is 601. The molecule has 0 radical (unpaired) electrons. The molecule has 0 aliphatic carbocycles. The van der Waals surface area contributed by atoms with Crippen LogP contribution in [-0.2, 0) is 4.79 Å². The van der Waals surface area contributed by atoms with Crippen molar-refractivity contribution >= 4 is 23.4 Å². The Kier molecular flexibility index (Phi) is 4.06. The van der Waals surface area contributed by atoms with Gasteiger partial charge in [0.25, 0.3) is 5.69 Å². The first-order valence-electron chi connectivity index (χ1n) is 6.42. The third-order valence-corrected chi connectivity index (χ3v) is 3.50. The molecule has 8 heteroatoms. The summed E-state index contributed by atoms with van der Waals surface area (Å²) < 4.78 is 0. The Balaban J connectivity index is 2.08. The van der Waals surface area contributed by atoms with Crippen molar-refractivity contribution in [1.29, 1.82) is 0 Å². The van der Waals surface area contributed by atoms with Crippen molar-refractivity contribution in [2.75, 3.05) is 18.4 Å². The fourth-order valence-corrected chi connectivity index (χ4v) is 2.20. The van der Waals surface area contributed by atoms with Crippen LogP contribution in [0.1, 0.15) is 12.0 Å². The van der Waals surface area contributed by atoms with E-state index in [1.54, 1.807) is 13.0 Å². The number of carboxylic acids is 1. The highest BCUT2D eigenvalue weighted by Gasteiger charge is 2.31. The van der Waals surface area contributed by atoms with Crippen LogP contribution in [0.5, 0.6) is 0 Å². The average Bonchev–Trinajstić information content (AvgIpc) is 2.90. The maximum absolute atomic E-state index is 12.1. The van der Waals surface area contributed by atoms with E-state index in [1.165, 1.54) is 17.0 Å². The lowest BCUT2D eigenvalue weighted by Crippen LogP contribution is -2.34. The molecule has 1 saturated heterocycles. The summed E-state index contributed by atoms with van der Waals surface area (Å²) in [6.45, 7) is 2.23. The van der Waals surface area contributed by atoms with Crippen molar-refractivity contribution in [3.63, 3.8) is 0 Å². The number of benzene rings is 1. The number of hydrogen-bond acceptors (Lipinski definition) is 4. The fraction of sp³-hybridized carbons (Fsp3) is 0.385. The van der Waals surface area contributed by atoms with Crippen molar-refractivity contribution in [2.24, 2.45) is 5.92 Å². The van der Waals surface area contributed by atoms with Crippen LogP contribution in [0.15, 0.2) is 18.2 Å². The number of carbonyl (C=O) groups is 2. The molecule has 112 valence electrons. The van der Waals surface area contributed by atoms with E-state index in [0.717, 1.165) is 0 Å². The van der Waals surface area contributed by atoms with Gasteiger partial charge >= 0.3 is 12.0 Å². The summed E-state index contributed by atoms with van der Waals surface area (Å²) in [6, 6.07) is 3.76. The second-order valence-electron chi connectivity index (χ2n) is 4.96. The van der Waals surface area contributed by atoms with Gasteiger partial charge in [-0.25, -0.2) is 4.79 Å². The molecule has 0 bridgehead atoms. The topological polar surface area (TPSA) is 113 Å². The summed E-state index contributed by atoms with van der Waals surface area (Å²) in [5.74, 6) is -1.47. The van der Waals surface area contributed by atoms with Crippen LogP contribution >= 0.6 is 0 Å². The molecule has 1 atom stereocenters. The summed E-state index contributed by atoms with van der Waals surface area (Å²) in [4.78, 5) is 34.5. The van der Waals surface area contributed by atoms with Crippen molar-refractivity contribution in [3.8, 4) is 0 Å². The zero-order valence-corrected chi connectivity index (χ0v) is 11.4. The van der Waals surface area contributed by atoms with Gasteiger partial charge in [0, 0.05) is 25.2 Å². The lowest BCUT2D eigenvalue weighted by Gasteiger charge is -2.17. The summed E-state index contributed by atoms with van der Waals surface area (Å²) in [5.41, 5.74) is 0.941. The maximum Gasteiger partial charge on any atom is 0.321 e. The number of nitrogens with one attached hydrogen (secondary N) is 1. The van der Waals surface area contributed by atoms with Gasteiger partial charge in [-0.3, -0.25) is 14.9 Å². The first kappa shape index (κ1) is 14.8. The number of urea groups is 1. The molecule has 0 aromatic heterocycles. The van der Waals surface area contributed by atoms with Crippen molar-refractivity contribution in [1.82, 2.24) is 4.90 Å². The van der Waals surface area contributed by atoms with E-state index in [0.29, 0.717) is 24.2 Å². The highest BCUT2D eigenvalue weighted by molar-refractivity contribution is 5.91. The average molecular weight is 293 g/mol. The van der Waals surface area contributed by atoms with E-state index < -0.39 is 22.8 Å². The van der Waals surface area contributed by atoms with Crippen LogP contribution in [0, 0.1) is 23.0 Å². The summed E-state index contributed by atoms with van der Waals surface area (Å²) in [6.07, 6.45) is 0.413. The lowest BCUT2D eigenvalue weighted by atomic mass is 10.1. The number of aliphatic carboxylic acids is 1. The van der Waals surface area contributed by atoms with Crippen LogP contribution < -0.4 is 5.32 Å². The van der Waals surface area contributed by atoms with Crippen molar-refractivity contribution < 1.29 is 19.6 Å². The molecule has 21 heavy (non-hydrogen) atoms. The van der Waals surface area contributed by atoms with Gasteiger partial charge in [-0.2, -0.15) is 0 Å². The first-order chi connectivity index (χ1) is 9.88. The van der Waals surface area contributed by atoms with E-state index in [-0.39, 0.29) is 12.2 Å². The van der Waals surface area contributed by atoms with Crippen molar-refractivity contribution in [3.05, 3.63) is 33.9 Å². The highest BCUT2D eigenvalue weighted by Crippen LogP contribution is 2.23. The van der Waals surface area contributed by atoms with Gasteiger partial charge < -0.3 is 15.3 Å². The van der Waals surface area contributed by atoms with E-state index >= 15 is 0 Å². The second-order valence-corrected chi connectivity index (χ2v) is 4.96. The largest absolute Gasteiger partial charge is 0.481 e. The molecule has 0 saturated carbocycles. The molecule has 2 N–H and O–H groups in total. The molecule has 2 rings (SSSR count). The first-order valence-corrected chi connectivity index (χ1v) is 6.42. The molecule has 1 fully saturated rings. The Morgan fingerprint density at radius 2 is 2.19 bits per heavy atom. The van der Waals surface area contributed by atoms with E-state index in [9.17, 15) is 19.7 Å². The monoisotopic (exact) mass is 293 g/mol. The third kappa shape index (κ3) is 3.28. The molecule has 2 amide bonds. The summed E-state index contributed by atoms with van der Waals surface area (Å²) in [5, 5.41) is 22.2. The number of rotatable bonds is 3. The number of carboxylic acid groups (broad SMARTS) is 1. The van der Waals surface area contributed by atoms with Crippen LogP contribution in [0.3, 0.4) is 0 Å². The molecular weight excluding hydrogens is 278 g/mol. The number of hydrogen-bond donors (Lipinski definition) is 2. The standard InChI is InChI=1S/C13H15N3O5/c1-8-2-3-10(16(20)21)6-11(8)14-13(19)15-5-4-9(7-15)12(17)18/h2-3,6,9H,4-5,7H2,1H3,(H,14,19)(H,17,18). The highest BCUT2D eigenvalue weighted by atomic mass is 16.6. The molecule has 1 aliphatic heterocycles. The molecule has 8 nitrogen and oxygen atoms in total. The molecule has 1 unspecified atom stereocenters. The molecule has 0 spiro atoms. The number of amides is 2. The Morgan fingerprint density at radius 1 is 1.48 bits per heavy atom. The maximum atomic E-state index is 12.1. The Hall–Kier alpha value is -2.64. The molecule has 1 aromatic rings. The second kappa shape index (κ2) is 5.78. The fourth-order valence-electron chi connectivity index (χ4n) is 2.20. The zero-order chi connectivity index (χ0) is 15.6. The predicted molar refractivity (Wildman–Crippen MR) is 74.2 cm³/mol. The van der Waals surface area contributed by atoms with Gasteiger partial charge in [-0.05, 0) is 18.9 Å². The van der Waals surface area contributed by atoms with Gasteiger partial charge in [-0.15, -0.1) is 0 Å². The minimum absolute atomic E-state index is 0.110. The molecular formula is C13H15N3O5. The lowest BCUT2D eigenvalue weighted by molar-refractivity contribution is -0.384. The molecule has 1 aromatic carbocycles. The Morgan fingerprint density at radius 3 is 2.76 bits per heavy atom. The van der Waals surface area contributed by atoms with E-state index in [2.05, 4.69) is 5.32 Å².